The van der Waals surface area contributed by atoms with E-state index in [1.54, 1.807) is 31.4 Å². The largest absolute Gasteiger partial charge is 0.494 e. The number of methoxy groups -OCH3 is 1. The minimum Gasteiger partial charge on any atom is -0.494 e. The molecule has 0 aliphatic heterocycles. The number of hydrogen-bond acceptors (Lipinski definition) is 4. The summed E-state index contributed by atoms with van der Waals surface area (Å²) < 4.78 is 16.2. The van der Waals surface area contributed by atoms with E-state index in [9.17, 15) is 4.79 Å². The number of rotatable bonds is 10. The van der Waals surface area contributed by atoms with Crippen LogP contribution >= 0.6 is 0 Å². The van der Waals surface area contributed by atoms with Crippen LogP contribution in [0, 0.1) is 0 Å². The van der Waals surface area contributed by atoms with Crippen molar-refractivity contribution < 1.29 is 19.0 Å². The summed E-state index contributed by atoms with van der Waals surface area (Å²) >= 11 is 0. The Hall–Kier alpha value is -3.11. The van der Waals surface area contributed by atoms with Gasteiger partial charge >= 0.3 is 5.97 Å². The maximum Gasteiger partial charge on any atom is 0.343 e. The molecule has 29 heavy (non-hydrogen) atoms. The lowest BCUT2D eigenvalue weighted by molar-refractivity contribution is 0.0735. The molecule has 3 aromatic carbocycles. The first-order chi connectivity index (χ1) is 14.3. The van der Waals surface area contributed by atoms with Gasteiger partial charge in [-0.15, -0.1) is 0 Å². The van der Waals surface area contributed by atoms with Crippen LogP contribution in [0.3, 0.4) is 0 Å². The Morgan fingerprint density at radius 3 is 1.90 bits per heavy atom. The maximum absolute atomic E-state index is 12.1. The predicted octanol–water partition coefficient (Wildman–Crippen LogP) is 5.77. The number of benzene rings is 3. The summed E-state index contributed by atoms with van der Waals surface area (Å²) in [6, 6.07) is 24.5. The highest BCUT2D eigenvalue weighted by atomic mass is 16.5. The van der Waals surface area contributed by atoms with E-state index in [1.807, 2.05) is 54.6 Å². The highest BCUT2D eigenvalue weighted by Gasteiger charge is 2.08. The molecule has 150 valence electrons. The van der Waals surface area contributed by atoms with Crippen LogP contribution in [-0.2, 0) is 4.74 Å². The normalized spacial score (nSPS) is 10.5. The molecular weight excluding hydrogens is 364 g/mol. The second-order valence-corrected chi connectivity index (χ2v) is 6.71. The second-order valence-electron chi connectivity index (χ2n) is 6.71. The van der Waals surface area contributed by atoms with E-state index in [2.05, 4.69) is 0 Å². The number of unbranched alkanes of at least 4 members (excludes halogenated alkanes) is 2. The van der Waals surface area contributed by atoms with Gasteiger partial charge in [0, 0.05) is 13.7 Å². The van der Waals surface area contributed by atoms with Gasteiger partial charge in [-0.25, -0.2) is 4.79 Å². The quantitative estimate of drug-likeness (QED) is 0.250. The van der Waals surface area contributed by atoms with Crippen LogP contribution in [0.4, 0.5) is 0 Å². The predicted molar refractivity (Wildman–Crippen MR) is 115 cm³/mol. The number of carbonyl (C=O) groups excluding carboxylic acids is 1. The average Bonchev–Trinajstić information content (AvgIpc) is 2.78. The van der Waals surface area contributed by atoms with Gasteiger partial charge in [-0.05, 0) is 66.8 Å². The maximum atomic E-state index is 12.1. The zero-order chi connectivity index (χ0) is 20.3. The van der Waals surface area contributed by atoms with Crippen molar-refractivity contribution >= 4 is 5.97 Å². The van der Waals surface area contributed by atoms with Crippen molar-refractivity contribution in [3.8, 4) is 22.6 Å². The van der Waals surface area contributed by atoms with E-state index in [0.29, 0.717) is 17.9 Å². The summed E-state index contributed by atoms with van der Waals surface area (Å²) in [7, 11) is 1.73. The van der Waals surface area contributed by atoms with Gasteiger partial charge in [0.1, 0.15) is 11.5 Å². The van der Waals surface area contributed by atoms with Crippen molar-refractivity contribution in [2.45, 2.75) is 19.3 Å². The van der Waals surface area contributed by atoms with E-state index in [-0.39, 0.29) is 5.97 Å². The SMILES string of the molecule is COCCCCCOc1ccc(-c2ccc(OC(=O)c3ccccc3)cc2)cc1. The van der Waals surface area contributed by atoms with Crippen molar-refractivity contribution in [1.29, 1.82) is 0 Å². The zero-order valence-electron chi connectivity index (χ0n) is 16.7. The van der Waals surface area contributed by atoms with Gasteiger partial charge in [0.15, 0.2) is 0 Å². The summed E-state index contributed by atoms with van der Waals surface area (Å²) in [5.74, 6) is 1.03. The third-order valence-electron chi connectivity index (χ3n) is 4.52. The fraction of sp³-hybridized carbons (Fsp3) is 0.240. The highest BCUT2D eigenvalue weighted by Crippen LogP contribution is 2.25. The lowest BCUT2D eigenvalue weighted by Gasteiger charge is -2.08. The molecule has 4 heteroatoms. The highest BCUT2D eigenvalue weighted by molar-refractivity contribution is 5.91. The van der Waals surface area contributed by atoms with Gasteiger partial charge in [0.05, 0.1) is 12.2 Å². The number of hydrogen-bond donors (Lipinski definition) is 0. The molecule has 0 saturated carbocycles. The van der Waals surface area contributed by atoms with E-state index >= 15 is 0 Å². The standard InChI is InChI=1S/C25H26O4/c1-27-18-6-3-7-19-28-23-14-10-20(11-15-23)21-12-16-24(17-13-21)29-25(26)22-8-4-2-5-9-22/h2,4-5,8-17H,3,6-7,18-19H2,1H3. The summed E-state index contributed by atoms with van der Waals surface area (Å²) in [5.41, 5.74) is 2.67. The summed E-state index contributed by atoms with van der Waals surface area (Å²) in [4.78, 5) is 12.1. The van der Waals surface area contributed by atoms with E-state index in [1.165, 1.54) is 0 Å². The first kappa shape index (κ1) is 20.6. The fourth-order valence-electron chi connectivity index (χ4n) is 2.91. The number of carbonyl (C=O) groups is 1. The zero-order valence-corrected chi connectivity index (χ0v) is 16.7. The molecule has 4 nitrogen and oxygen atoms in total. The van der Waals surface area contributed by atoms with Crippen molar-refractivity contribution in [3.05, 3.63) is 84.4 Å². The van der Waals surface area contributed by atoms with Gasteiger partial charge in [-0.3, -0.25) is 0 Å². The molecular formula is C25H26O4. The summed E-state index contributed by atoms with van der Waals surface area (Å²) in [6.45, 7) is 1.52. The summed E-state index contributed by atoms with van der Waals surface area (Å²) in [6.07, 6.45) is 3.19. The molecule has 3 aromatic rings. The Morgan fingerprint density at radius 1 is 0.690 bits per heavy atom. The molecule has 0 radical (unpaired) electrons. The molecule has 0 fully saturated rings. The van der Waals surface area contributed by atoms with Gasteiger partial charge in [-0.1, -0.05) is 42.5 Å². The fourth-order valence-corrected chi connectivity index (χ4v) is 2.91. The van der Waals surface area contributed by atoms with Gasteiger partial charge in [-0.2, -0.15) is 0 Å². The average molecular weight is 390 g/mol. The van der Waals surface area contributed by atoms with Gasteiger partial charge in [0.25, 0.3) is 0 Å². The molecule has 0 aromatic heterocycles. The van der Waals surface area contributed by atoms with Crippen LogP contribution in [0.25, 0.3) is 11.1 Å². The molecule has 0 saturated heterocycles. The Kier molecular flexibility index (Phi) is 7.84. The van der Waals surface area contributed by atoms with Crippen LogP contribution in [0.15, 0.2) is 78.9 Å². The smallest absolute Gasteiger partial charge is 0.343 e. The van der Waals surface area contributed by atoms with Crippen LogP contribution in [-0.4, -0.2) is 26.3 Å². The molecule has 0 unspecified atom stereocenters. The molecule has 0 N–H and O–H groups in total. The lowest BCUT2D eigenvalue weighted by Crippen LogP contribution is -2.07. The van der Waals surface area contributed by atoms with E-state index < -0.39 is 0 Å². The van der Waals surface area contributed by atoms with E-state index in [0.717, 1.165) is 42.7 Å². The van der Waals surface area contributed by atoms with Gasteiger partial charge < -0.3 is 14.2 Å². The molecule has 0 heterocycles. The Morgan fingerprint density at radius 2 is 1.28 bits per heavy atom. The second kappa shape index (κ2) is 11.0. The molecule has 0 spiro atoms. The van der Waals surface area contributed by atoms with Crippen molar-refractivity contribution in [1.82, 2.24) is 0 Å². The van der Waals surface area contributed by atoms with Crippen LogP contribution in [0.1, 0.15) is 29.6 Å². The van der Waals surface area contributed by atoms with Crippen molar-refractivity contribution in [3.63, 3.8) is 0 Å². The third-order valence-corrected chi connectivity index (χ3v) is 4.52. The van der Waals surface area contributed by atoms with Crippen molar-refractivity contribution in [2.24, 2.45) is 0 Å². The van der Waals surface area contributed by atoms with Crippen LogP contribution in [0.5, 0.6) is 11.5 Å². The number of ether oxygens (including phenoxy) is 3. The number of esters is 1. The van der Waals surface area contributed by atoms with Crippen LogP contribution < -0.4 is 9.47 Å². The first-order valence-corrected chi connectivity index (χ1v) is 9.86. The molecule has 0 aliphatic carbocycles. The molecule has 0 aliphatic rings. The first-order valence-electron chi connectivity index (χ1n) is 9.86. The lowest BCUT2D eigenvalue weighted by atomic mass is 10.1. The minimum atomic E-state index is -0.359. The Balaban J connectivity index is 1.51. The minimum absolute atomic E-state index is 0.359. The Labute approximate surface area is 172 Å². The van der Waals surface area contributed by atoms with Crippen molar-refractivity contribution in [2.75, 3.05) is 20.3 Å². The molecule has 3 rings (SSSR count). The Bertz CT molecular complexity index is 871. The van der Waals surface area contributed by atoms with Gasteiger partial charge in [0.2, 0.25) is 0 Å². The van der Waals surface area contributed by atoms with Crippen LogP contribution in [0.2, 0.25) is 0 Å². The van der Waals surface area contributed by atoms with E-state index in [4.69, 9.17) is 14.2 Å². The summed E-state index contributed by atoms with van der Waals surface area (Å²) in [5, 5.41) is 0. The molecule has 0 bridgehead atoms. The third kappa shape index (κ3) is 6.47. The monoisotopic (exact) mass is 390 g/mol. The topological polar surface area (TPSA) is 44.8 Å². The molecule has 0 atom stereocenters. The molecule has 0 amide bonds.